The molecule has 0 saturated carbocycles. The number of aromatic nitrogens is 4. The van der Waals surface area contributed by atoms with Gasteiger partial charge in [-0.05, 0) is 18.4 Å². The molecule has 3 amide bonds. The summed E-state index contributed by atoms with van der Waals surface area (Å²) < 4.78 is 3.90. The second-order valence-electron chi connectivity index (χ2n) is 6.13. The summed E-state index contributed by atoms with van der Waals surface area (Å²) in [6.07, 6.45) is 6.73. The summed E-state index contributed by atoms with van der Waals surface area (Å²) in [5.74, 6) is -0.572. The van der Waals surface area contributed by atoms with Crippen molar-refractivity contribution in [3.8, 4) is 10.4 Å². The molecule has 1 aliphatic rings. The van der Waals surface area contributed by atoms with Crippen LogP contribution in [0.1, 0.15) is 27.3 Å². The number of rotatable bonds is 4. The van der Waals surface area contributed by atoms with Crippen LogP contribution in [0, 0.1) is 0 Å². The number of nitrogens with two attached hydrogens (primary N) is 2. The number of fused-ring (bicyclic) bond motifs is 3. The molecular formula is C16H17N7O2S. The quantitative estimate of drug-likeness (QED) is 0.632. The van der Waals surface area contributed by atoms with Crippen LogP contribution in [0.3, 0.4) is 0 Å². The zero-order valence-corrected chi connectivity index (χ0v) is 14.8. The fraction of sp³-hybridized carbons (Fsp3) is 0.250. The number of thiophene rings is 1. The Morgan fingerprint density at radius 1 is 1.31 bits per heavy atom. The number of hydrogen-bond donors (Lipinski definition) is 3. The smallest absolute Gasteiger partial charge is 0.317 e. The van der Waals surface area contributed by atoms with E-state index < -0.39 is 11.9 Å². The van der Waals surface area contributed by atoms with Gasteiger partial charge in [-0.15, -0.1) is 11.3 Å². The Bertz CT molecular complexity index is 1030. The number of carbonyl (C=O) groups excluding carboxylic acids is 2. The first-order valence-electron chi connectivity index (χ1n) is 7.98. The molecule has 9 nitrogen and oxygen atoms in total. The van der Waals surface area contributed by atoms with Gasteiger partial charge >= 0.3 is 6.03 Å². The molecule has 26 heavy (non-hydrogen) atoms. The minimum Gasteiger partial charge on any atom is -0.365 e. The SMILES string of the molecule is Cn1cncc1Cn1ncc2c1CCc1c-2sc(NC(N)=O)c1C(N)=O. The van der Waals surface area contributed by atoms with Gasteiger partial charge in [0.25, 0.3) is 5.91 Å². The number of hydrogen-bond acceptors (Lipinski definition) is 5. The summed E-state index contributed by atoms with van der Waals surface area (Å²) in [5.41, 5.74) is 15.0. The molecule has 0 atom stereocenters. The van der Waals surface area contributed by atoms with Crippen LogP contribution < -0.4 is 16.8 Å². The predicted octanol–water partition coefficient (Wildman–Crippen LogP) is 1.08. The van der Waals surface area contributed by atoms with E-state index in [-0.39, 0.29) is 0 Å². The molecule has 1 aliphatic carbocycles. The molecule has 3 heterocycles. The largest absolute Gasteiger partial charge is 0.365 e. The Hall–Kier alpha value is -3.14. The normalized spacial score (nSPS) is 12.5. The highest BCUT2D eigenvalue weighted by molar-refractivity contribution is 7.20. The summed E-state index contributed by atoms with van der Waals surface area (Å²) in [6.45, 7) is 0.613. The molecule has 134 valence electrons. The summed E-state index contributed by atoms with van der Waals surface area (Å²) in [4.78, 5) is 28.2. The van der Waals surface area contributed by atoms with Crippen LogP contribution in [-0.4, -0.2) is 31.3 Å². The fourth-order valence-electron chi connectivity index (χ4n) is 3.32. The lowest BCUT2D eigenvalue weighted by Gasteiger charge is -2.15. The standard InChI is InChI=1S/C16H17N7O2S/c1-22-7-19-4-8(22)6-23-11-3-2-9-12(14(17)24)15(21-16(18)25)26-13(9)10(11)5-20-23/h4-5,7H,2-3,6H2,1H3,(H2,17,24)(H3,18,21,25). The van der Waals surface area contributed by atoms with Gasteiger partial charge in [0.05, 0.1) is 36.5 Å². The molecule has 0 unspecified atom stereocenters. The Balaban J connectivity index is 1.77. The van der Waals surface area contributed by atoms with E-state index in [0.717, 1.165) is 33.8 Å². The van der Waals surface area contributed by atoms with E-state index in [1.807, 2.05) is 22.5 Å². The minimum atomic E-state index is -0.724. The van der Waals surface area contributed by atoms with Crippen LogP contribution in [0.4, 0.5) is 9.80 Å². The number of nitrogens with one attached hydrogen (secondary N) is 1. The molecular weight excluding hydrogens is 354 g/mol. The number of imidazole rings is 1. The monoisotopic (exact) mass is 371 g/mol. The van der Waals surface area contributed by atoms with Crippen LogP contribution >= 0.6 is 11.3 Å². The average Bonchev–Trinajstić information content (AvgIpc) is 3.24. The van der Waals surface area contributed by atoms with Gasteiger partial charge in [0, 0.05) is 23.2 Å². The Morgan fingerprint density at radius 2 is 2.12 bits per heavy atom. The molecule has 0 aliphatic heterocycles. The lowest BCUT2D eigenvalue weighted by molar-refractivity contribution is 0.100. The number of nitrogens with zero attached hydrogens (tertiary/aromatic N) is 4. The first-order chi connectivity index (χ1) is 12.5. The van der Waals surface area contributed by atoms with Crippen molar-refractivity contribution in [2.75, 3.05) is 5.32 Å². The number of primary amides is 2. The number of anilines is 1. The molecule has 0 saturated heterocycles. The van der Waals surface area contributed by atoms with Gasteiger partial charge in [0.2, 0.25) is 0 Å². The zero-order valence-electron chi connectivity index (χ0n) is 14.0. The molecule has 0 fully saturated rings. The number of urea groups is 1. The molecule has 0 aromatic carbocycles. The fourth-order valence-corrected chi connectivity index (χ4v) is 4.61. The number of carbonyl (C=O) groups is 2. The molecule has 0 bridgehead atoms. The van der Waals surface area contributed by atoms with E-state index >= 15 is 0 Å². The van der Waals surface area contributed by atoms with Crippen molar-refractivity contribution in [1.82, 2.24) is 19.3 Å². The van der Waals surface area contributed by atoms with Crippen molar-refractivity contribution in [2.45, 2.75) is 19.4 Å². The van der Waals surface area contributed by atoms with Gasteiger partial charge in [0.1, 0.15) is 5.00 Å². The zero-order chi connectivity index (χ0) is 18.4. The second-order valence-corrected chi connectivity index (χ2v) is 7.15. The van der Waals surface area contributed by atoms with Crippen LogP contribution in [0.5, 0.6) is 0 Å². The average molecular weight is 371 g/mol. The molecule has 0 radical (unpaired) electrons. The lowest BCUT2D eigenvalue weighted by Crippen LogP contribution is -2.22. The first kappa shape index (κ1) is 16.3. The summed E-state index contributed by atoms with van der Waals surface area (Å²) in [5, 5.41) is 7.41. The third kappa shape index (κ3) is 2.54. The summed E-state index contributed by atoms with van der Waals surface area (Å²) >= 11 is 1.30. The molecule has 3 aromatic heterocycles. The van der Waals surface area contributed by atoms with E-state index in [1.54, 1.807) is 12.5 Å². The van der Waals surface area contributed by atoms with Gasteiger partial charge < -0.3 is 16.0 Å². The van der Waals surface area contributed by atoms with E-state index in [1.165, 1.54) is 11.3 Å². The summed E-state index contributed by atoms with van der Waals surface area (Å²) in [7, 11) is 1.94. The van der Waals surface area contributed by atoms with E-state index in [4.69, 9.17) is 11.5 Å². The second kappa shape index (κ2) is 5.99. The van der Waals surface area contributed by atoms with Crippen molar-refractivity contribution < 1.29 is 9.59 Å². The maximum Gasteiger partial charge on any atom is 0.317 e. The van der Waals surface area contributed by atoms with E-state index in [0.29, 0.717) is 23.5 Å². The predicted molar refractivity (Wildman–Crippen MR) is 97.0 cm³/mol. The van der Waals surface area contributed by atoms with Crippen molar-refractivity contribution in [3.05, 3.63) is 41.2 Å². The first-order valence-corrected chi connectivity index (χ1v) is 8.79. The van der Waals surface area contributed by atoms with Crippen LogP contribution in [0.2, 0.25) is 0 Å². The van der Waals surface area contributed by atoms with Crippen LogP contribution in [0.15, 0.2) is 18.7 Å². The molecule has 5 N–H and O–H groups in total. The Kier molecular flexibility index (Phi) is 3.76. The highest BCUT2D eigenvalue weighted by Crippen LogP contribution is 2.45. The topological polar surface area (TPSA) is 134 Å². The number of aryl methyl sites for hydroxylation is 1. The van der Waals surface area contributed by atoms with Crippen molar-refractivity contribution in [3.63, 3.8) is 0 Å². The van der Waals surface area contributed by atoms with Gasteiger partial charge in [-0.2, -0.15) is 5.10 Å². The van der Waals surface area contributed by atoms with E-state index in [2.05, 4.69) is 15.4 Å². The van der Waals surface area contributed by atoms with E-state index in [9.17, 15) is 9.59 Å². The Labute approximate surface area is 152 Å². The third-order valence-corrected chi connectivity index (χ3v) is 5.70. The minimum absolute atomic E-state index is 0.342. The van der Waals surface area contributed by atoms with Gasteiger partial charge in [-0.3, -0.25) is 14.8 Å². The molecule has 3 aromatic rings. The Morgan fingerprint density at radius 3 is 2.77 bits per heavy atom. The maximum atomic E-state index is 11.9. The highest BCUT2D eigenvalue weighted by Gasteiger charge is 2.30. The van der Waals surface area contributed by atoms with Crippen LogP contribution in [0.25, 0.3) is 10.4 Å². The third-order valence-electron chi connectivity index (χ3n) is 4.52. The van der Waals surface area contributed by atoms with Crippen molar-refractivity contribution in [2.24, 2.45) is 18.5 Å². The maximum absolute atomic E-state index is 11.9. The molecule has 4 rings (SSSR count). The lowest BCUT2D eigenvalue weighted by atomic mass is 9.93. The van der Waals surface area contributed by atoms with Gasteiger partial charge in [-0.1, -0.05) is 0 Å². The highest BCUT2D eigenvalue weighted by atomic mass is 32.1. The molecule has 0 spiro atoms. The van der Waals surface area contributed by atoms with Crippen molar-refractivity contribution in [1.29, 1.82) is 0 Å². The molecule has 10 heteroatoms. The number of amides is 3. The van der Waals surface area contributed by atoms with Crippen molar-refractivity contribution >= 4 is 28.3 Å². The van der Waals surface area contributed by atoms with Gasteiger partial charge in [0.15, 0.2) is 0 Å². The van der Waals surface area contributed by atoms with Gasteiger partial charge in [-0.25, -0.2) is 9.78 Å². The van der Waals surface area contributed by atoms with Crippen LogP contribution in [-0.2, 0) is 26.4 Å². The summed E-state index contributed by atoms with van der Waals surface area (Å²) in [6, 6.07) is -0.724.